The second-order valence-corrected chi connectivity index (χ2v) is 5.77. The van der Waals surface area contributed by atoms with Crippen molar-refractivity contribution in [2.24, 2.45) is 5.92 Å². The SMILES string of the molecule is CC1CNCCC12OC(C)(C)C(C)(CO)O2. The van der Waals surface area contributed by atoms with Gasteiger partial charge in [0.1, 0.15) is 5.60 Å². The molecular formula is C12H23NO3. The van der Waals surface area contributed by atoms with Gasteiger partial charge in [-0.1, -0.05) is 6.92 Å². The molecule has 2 aliphatic rings. The fourth-order valence-electron chi connectivity index (χ4n) is 2.57. The summed E-state index contributed by atoms with van der Waals surface area (Å²) in [6, 6.07) is 0. The van der Waals surface area contributed by atoms with Crippen molar-refractivity contribution in [3.05, 3.63) is 0 Å². The minimum Gasteiger partial charge on any atom is -0.393 e. The monoisotopic (exact) mass is 229 g/mol. The molecule has 94 valence electrons. The Balaban J connectivity index is 2.27. The lowest BCUT2D eigenvalue weighted by Gasteiger charge is -2.39. The van der Waals surface area contributed by atoms with E-state index in [0.717, 1.165) is 19.5 Å². The van der Waals surface area contributed by atoms with E-state index < -0.39 is 17.0 Å². The predicted octanol–water partition coefficient (Wildman–Crippen LogP) is 0.888. The van der Waals surface area contributed by atoms with Crippen LogP contribution in [0.2, 0.25) is 0 Å². The van der Waals surface area contributed by atoms with Crippen molar-refractivity contribution < 1.29 is 14.6 Å². The van der Waals surface area contributed by atoms with Gasteiger partial charge in [0.2, 0.25) is 0 Å². The molecule has 0 radical (unpaired) electrons. The average Bonchev–Trinajstić information content (AvgIpc) is 2.41. The van der Waals surface area contributed by atoms with Crippen molar-refractivity contribution in [1.29, 1.82) is 0 Å². The lowest BCUT2D eigenvalue weighted by Crippen LogP contribution is -2.51. The molecular weight excluding hydrogens is 206 g/mol. The van der Waals surface area contributed by atoms with E-state index in [9.17, 15) is 5.11 Å². The van der Waals surface area contributed by atoms with Crippen LogP contribution in [-0.2, 0) is 9.47 Å². The van der Waals surface area contributed by atoms with Crippen LogP contribution in [0.3, 0.4) is 0 Å². The summed E-state index contributed by atoms with van der Waals surface area (Å²) in [5.41, 5.74) is -1.06. The third-order valence-corrected chi connectivity index (χ3v) is 4.25. The van der Waals surface area contributed by atoms with Crippen LogP contribution in [-0.4, -0.2) is 41.8 Å². The normalized spacial score (nSPS) is 47.4. The van der Waals surface area contributed by atoms with E-state index in [4.69, 9.17) is 9.47 Å². The van der Waals surface area contributed by atoms with Gasteiger partial charge in [0.05, 0.1) is 12.2 Å². The molecule has 2 heterocycles. The Morgan fingerprint density at radius 2 is 2.00 bits per heavy atom. The summed E-state index contributed by atoms with van der Waals surface area (Å²) in [6.07, 6.45) is 0.840. The van der Waals surface area contributed by atoms with E-state index in [1.165, 1.54) is 0 Å². The number of aliphatic hydroxyl groups excluding tert-OH is 1. The van der Waals surface area contributed by atoms with E-state index in [1.807, 2.05) is 20.8 Å². The summed E-state index contributed by atoms with van der Waals surface area (Å²) in [7, 11) is 0. The first-order chi connectivity index (χ1) is 7.35. The highest BCUT2D eigenvalue weighted by atomic mass is 16.8. The highest BCUT2D eigenvalue weighted by molar-refractivity contribution is 5.04. The van der Waals surface area contributed by atoms with Gasteiger partial charge in [-0.15, -0.1) is 0 Å². The van der Waals surface area contributed by atoms with Gasteiger partial charge < -0.3 is 19.9 Å². The average molecular weight is 229 g/mol. The maximum absolute atomic E-state index is 9.54. The highest BCUT2D eigenvalue weighted by Crippen LogP contribution is 2.49. The van der Waals surface area contributed by atoms with Crippen LogP contribution in [0.5, 0.6) is 0 Å². The molecule has 4 heteroatoms. The molecule has 4 nitrogen and oxygen atoms in total. The third-order valence-electron chi connectivity index (χ3n) is 4.25. The molecule has 3 atom stereocenters. The van der Waals surface area contributed by atoms with E-state index in [1.54, 1.807) is 0 Å². The number of hydrogen-bond acceptors (Lipinski definition) is 4. The zero-order valence-corrected chi connectivity index (χ0v) is 10.7. The Morgan fingerprint density at radius 1 is 1.31 bits per heavy atom. The number of ether oxygens (including phenoxy) is 2. The first kappa shape index (κ1) is 12.3. The van der Waals surface area contributed by atoms with Gasteiger partial charge in [0.15, 0.2) is 5.79 Å². The molecule has 0 aromatic rings. The van der Waals surface area contributed by atoms with Gasteiger partial charge >= 0.3 is 0 Å². The van der Waals surface area contributed by atoms with E-state index >= 15 is 0 Å². The molecule has 0 bridgehead atoms. The molecule has 1 spiro atoms. The molecule has 0 aromatic heterocycles. The van der Waals surface area contributed by atoms with Crippen molar-refractivity contribution in [1.82, 2.24) is 5.32 Å². The first-order valence-corrected chi connectivity index (χ1v) is 6.07. The number of rotatable bonds is 1. The zero-order chi connectivity index (χ0) is 12.0. The Labute approximate surface area is 97.3 Å². The summed E-state index contributed by atoms with van der Waals surface area (Å²) < 4.78 is 12.3. The minimum absolute atomic E-state index is 0.0120. The largest absolute Gasteiger partial charge is 0.393 e. The lowest BCUT2D eigenvalue weighted by atomic mass is 9.89. The van der Waals surface area contributed by atoms with E-state index in [2.05, 4.69) is 12.2 Å². The molecule has 16 heavy (non-hydrogen) atoms. The lowest BCUT2D eigenvalue weighted by molar-refractivity contribution is -0.236. The summed E-state index contributed by atoms with van der Waals surface area (Å²) in [6.45, 7) is 9.84. The fraction of sp³-hybridized carbons (Fsp3) is 1.00. The van der Waals surface area contributed by atoms with Crippen molar-refractivity contribution in [2.75, 3.05) is 19.7 Å². The van der Waals surface area contributed by atoms with Gasteiger partial charge in [-0.05, 0) is 20.8 Å². The first-order valence-electron chi connectivity index (χ1n) is 6.07. The van der Waals surface area contributed by atoms with Gasteiger partial charge in [-0.3, -0.25) is 0 Å². The maximum atomic E-state index is 9.54. The van der Waals surface area contributed by atoms with E-state index in [0.29, 0.717) is 5.92 Å². The number of aliphatic hydroxyl groups is 1. The van der Waals surface area contributed by atoms with Crippen LogP contribution in [0.4, 0.5) is 0 Å². The van der Waals surface area contributed by atoms with Gasteiger partial charge in [0.25, 0.3) is 0 Å². The van der Waals surface area contributed by atoms with Gasteiger partial charge in [-0.2, -0.15) is 0 Å². The second-order valence-electron chi connectivity index (χ2n) is 5.77. The summed E-state index contributed by atoms with van der Waals surface area (Å²) in [5, 5.41) is 12.9. The number of piperidine rings is 1. The topological polar surface area (TPSA) is 50.7 Å². The minimum atomic E-state index is -0.612. The summed E-state index contributed by atoms with van der Waals surface area (Å²) in [5.74, 6) is -0.222. The molecule has 3 unspecified atom stereocenters. The number of hydrogen-bond donors (Lipinski definition) is 2. The number of nitrogens with one attached hydrogen (secondary N) is 1. The Kier molecular flexibility index (Phi) is 2.82. The Bertz CT molecular complexity index is 281. The standard InChI is InChI=1S/C12H23NO3/c1-9-7-13-6-5-12(9)15-10(2,3)11(4,8-14)16-12/h9,13-14H,5-8H2,1-4H3. The molecule has 2 N–H and O–H groups in total. The van der Waals surface area contributed by atoms with Crippen molar-refractivity contribution >= 4 is 0 Å². The Morgan fingerprint density at radius 3 is 2.50 bits per heavy atom. The highest BCUT2D eigenvalue weighted by Gasteiger charge is 2.61. The molecule has 2 aliphatic heterocycles. The van der Waals surface area contributed by atoms with Gasteiger partial charge in [0, 0.05) is 25.4 Å². The van der Waals surface area contributed by atoms with Crippen LogP contribution < -0.4 is 5.32 Å². The molecule has 2 fully saturated rings. The van der Waals surface area contributed by atoms with Crippen molar-refractivity contribution in [2.45, 2.75) is 51.1 Å². The Hall–Kier alpha value is -0.160. The fourth-order valence-corrected chi connectivity index (χ4v) is 2.57. The van der Waals surface area contributed by atoms with Crippen molar-refractivity contribution in [3.8, 4) is 0 Å². The molecule has 2 rings (SSSR count). The van der Waals surface area contributed by atoms with Crippen LogP contribution >= 0.6 is 0 Å². The predicted molar refractivity (Wildman–Crippen MR) is 61.1 cm³/mol. The quantitative estimate of drug-likeness (QED) is 0.701. The second kappa shape index (κ2) is 3.67. The van der Waals surface area contributed by atoms with Crippen LogP contribution in [0.15, 0.2) is 0 Å². The summed E-state index contributed by atoms with van der Waals surface area (Å²) in [4.78, 5) is 0. The van der Waals surface area contributed by atoms with Crippen LogP contribution in [0.25, 0.3) is 0 Å². The van der Waals surface area contributed by atoms with Crippen LogP contribution in [0, 0.1) is 5.92 Å². The summed E-state index contributed by atoms with van der Waals surface area (Å²) >= 11 is 0. The molecule has 0 amide bonds. The smallest absolute Gasteiger partial charge is 0.175 e. The maximum Gasteiger partial charge on any atom is 0.175 e. The molecule has 0 saturated carbocycles. The van der Waals surface area contributed by atoms with E-state index in [-0.39, 0.29) is 6.61 Å². The van der Waals surface area contributed by atoms with Gasteiger partial charge in [-0.25, -0.2) is 0 Å². The molecule has 2 saturated heterocycles. The molecule has 0 aromatic carbocycles. The van der Waals surface area contributed by atoms with Crippen LogP contribution in [0.1, 0.15) is 34.1 Å². The third kappa shape index (κ3) is 1.59. The molecule has 0 aliphatic carbocycles. The zero-order valence-electron chi connectivity index (χ0n) is 10.7. The van der Waals surface area contributed by atoms with Crippen molar-refractivity contribution in [3.63, 3.8) is 0 Å².